The van der Waals surface area contributed by atoms with Crippen LogP contribution < -0.4 is 0 Å². The van der Waals surface area contributed by atoms with Gasteiger partial charge < -0.3 is 9.84 Å². The van der Waals surface area contributed by atoms with E-state index in [1.54, 1.807) is 0 Å². The number of ether oxygens (including phenoxy) is 1. The fourth-order valence-electron chi connectivity index (χ4n) is 2.08. The third-order valence-electron chi connectivity index (χ3n) is 2.93. The van der Waals surface area contributed by atoms with E-state index in [4.69, 9.17) is 9.84 Å². The minimum atomic E-state index is -0.128. The molecule has 72 valence electrons. The quantitative estimate of drug-likeness (QED) is 0.658. The summed E-state index contributed by atoms with van der Waals surface area (Å²) in [5.74, 6) is 1.46. The van der Waals surface area contributed by atoms with Crippen molar-refractivity contribution in [3.63, 3.8) is 0 Å². The smallest absolute Gasteiger partial charge is 0.143 e. The van der Waals surface area contributed by atoms with Gasteiger partial charge in [0.05, 0.1) is 6.61 Å². The van der Waals surface area contributed by atoms with E-state index in [-0.39, 0.29) is 6.79 Å². The number of aliphatic hydroxyl groups is 1. The van der Waals surface area contributed by atoms with Crippen LogP contribution in [0.15, 0.2) is 0 Å². The monoisotopic (exact) mass is 172 g/mol. The molecule has 0 aromatic carbocycles. The molecule has 0 spiro atoms. The Morgan fingerprint density at radius 2 is 2.00 bits per heavy atom. The summed E-state index contributed by atoms with van der Waals surface area (Å²) in [4.78, 5) is 0. The molecule has 12 heavy (non-hydrogen) atoms. The summed E-state index contributed by atoms with van der Waals surface area (Å²) in [6, 6.07) is 0. The van der Waals surface area contributed by atoms with Gasteiger partial charge in [-0.05, 0) is 11.8 Å². The molecule has 2 nitrogen and oxygen atoms in total. The predicted octanol–water partition coefficient (Wildman–Crippen LogP) is 2.17. The van der Waals surface area contributed by atoms with Crippen molar-refractivity contribution in [2.75, 3.05) is 13.4 Å². The Morgan fingerprint density at radius 1 is 1.33 bits per heavy atom. The molecule has 2 heteroatoms. The first-order valence-electron chi connectivity index (χ1n) is 5.03. The molecule has 0 bridgehead atoms. The Bertz CT molecular complexity index is 108. The average molecular weight is 172 g/mol. The van der Waals surface area contributed by atoms with Crippen LogP contribution >= 0.6 is 0 Å². The van der Waals surface area contributed by atoms with Crippen molar-refractivity contribution in [2.45, 2.75) is 39.0 Å². The molecule has 1 fully saturated rings. The fraction of sp³-hybridized carbons (Fsp3) is 1.00. The first kappa shape index (κ1) is 10.0. The van der Waals surface area contributed by atoms with E-state index in [1.807, 2.05) is 0 Å². The molecule has 0 radical (unpaired) electrons. The van der Waals surface area contributed by atoms with Gasteiger partial charge in [0, 0.05) is 0 Å². The Morgan fingerprint density at radius 3 is 2.58 bits per heavy atom. The van der Waals surface area contributed by atoms with Gasteiger partial charge >= 0.3 is 0 Å². The lowest BCUT2D eigenvalue weighted by Gasteiger charge is -2.27. The van der Waals surface area contributed by atoms with Crippen molar-refractivity contribution in [1.29, 1.82) is 0 Å². The minimum Gasteiger partial charge on any atom is -0.371 e. The highest BCUT2D eigenvalue weighted by molar-refractivity contribution is 4.70. The molecular formula is C10H20O2. The van der Waals surface area contributed by atoms with Crippen LogP contribution in [0.1, 0.15) is 39.0 Å². The maximum Gasteiger partial charge on any atom is 0.143 e. The van der Waals surface area contributed by atoms with Crippen LogP contribution in [0.25, 0.3) is 0 Å². The first-order valence-corrected chi connectivity index (χ1v) is 5.03. The molecule has 1 unspecified atom stereocenters. The summed E-state index contributed by atoms with van der Waals surface area (Å²) in [6.07, 6.45) is 6.89. The van der Waals surface area contributed by atoms with Gasteiger partial charge in [-0.1, -0.05) is 39.0 Å². The summed E-state index contributed by atoms with van der Waals surface area (Å²) in [6.45, 7) is 2.82. The van der Waals surface area contributed by atoms with Crippen molar-refractivity contribution in [2.24, 2.45) is 11.8 Å². The van der Waals surface area contributed by atoms with E-state index in [2.05, 4.69) is 6.92 Å². The molecule has 0 aromatic heterocycles. The largest absolute Gasteiger partial charge is 0.371 e. The zero-order valence-electron chi connectivity index (χ0n) is 7.96. The van der Waals surface area contributed by atoms with Gasteiger partial charge in [-0.3, -0.25) is 0 Å². The molecule has 1 saturated carbocycles. The molecule has 1 N–H and O–H groups in total. The summed E-state index contributed by atoms with van der Waals surface area (Å²) >= 11 is 0. The molecular weight excluding hydrogens is 152 g/mol. The number of rotatable bonds is 4. The third kappa shape index (κ3) is 3.11. The van der Waals surface area contributed by atoms with E-state index in [9.17, 15) is 0 Å². The van der Waals surface area contributed by atoms with Crippen molar-refractivity contribution in [3.8, 4) is 0 Å². The second kappa shape index (κ2) is 5.55. The SMILES string of the molecule is CC(COCO)C1CCCCC1. The summed E-state index contributed by atoms with van der Waals surface area (Å²) in [5, 5.41) is 8.49. The number of hydrogen-bond acceptors (Lipinski definition) is 2. The van der Waals surface area contributed by atoms with Crippen LogP contribution in [0.3, 0.4) is 0 Å². The molecule has 0 heterocycles. The lowest BCUT2D eigenvalue weighted by Crippen LogP contribution is -2.20. The Balaban J connectivity index is 2.15. The van der Waals surface area contributed by atoms with E-state index in [0.717, 1.165) is 12.5 Å². The maximum absolute atomic E-state index is 8.49. The molecule has 0 aliphatic heterocycles. The Hall–Kier alpha value is -0.0800. The van der Waals surface area contributed by atoms with E-state index in [1.165, 1.54) is 32.1 Å². The van der Waals surface area contributed by atoms with E-state index >= 15 is 0 Å². The van der Waals surface area contributed by atoms with Crippen molar-refractivity contribution in [1.82, 2.24) is 0 Å². The normalized spacial score (nSPS) is 22.5. The van der Waals surface area contributed by atoms with Gasteiger partial charge in [0.25, 0.3) is 0 Å². The van der Waals surface area contributed by atoms with Gasteiger partial charge in [-0.15, -0.1) is 0 Å². The molecule has 1 aliphatic carbocycles. The Kier molecular flexibility index (Phi) is 4.62. The third-order valence-corrected chi connectivity index (χ3v) is 2.93. The average Bonchev–Trinajstić information content (AvgIpc) is 2.15. The molecule has 0 saturated heterocycles. The highest BCUT2D eigenvalue weighted by Gasteiger charge is 2.19. The van der Waals surface area contributed by atoms with Gasteiger partial charge in [0.1, 0.15) is 6.79 Å². The first-order chi connectivity index (χ1) is 5.84. The maximum atomic E-state index is 8.49. The Labute approximate surface area is 74.9 Å². The van der Waals surface area contributed by atoms with Gasteiger partial charge in [0.15, 0.2) is 0 Å². The standard InChI is InChI=1S/C10H20O2/c1-9(7-12-8-11)10-5-3-2-4-6-10/h9-11H,2-8H2,1H3. The summed E-state index contributed by atoms with van der Waals surface area (Å²) < 4.78 is 5.00. The van der Waals surface area contributed by atoms with Gasteiger partial charge in [0.2, 0.25) is 0 Å². The van der Waals surface area contributed by atoms with Crippen LogP contribution in [-0.4, -0.2) is 18.5 Å². The molecule has 0 aromatic rings. The lowest BCUT2D eigenvalue weighted by molar-refractivity contribution is -0.0258. The van der Waals surface area contributed by atoms with Crippen molar-refractivity contribution >= 4 is 0 Å². The molecule has 0 amide bonds. The zero-order valence-corrected chi connectivity index (χ0v) is 7.96. The van der Waals surface area contributed by atoms with E-state index < -0.39 is 0 Å². The van der Waals surface area contributed by atoms with Crippen LogP contribution in [0.2, 0.25) is 0 Å². The lowest BCUT2D eigenvalue weighted by atomic mass is 9.81. The fourth-order valence-corrected chi connectivity index (χ4v) is 2.08. The highest BCUT2D eigenvalue weighted by atomic mass is 16.6. The van der Waals surface area contributed by atoms with Crippen LogP contribution in [0.5, 0.6) is 0 Å². The molecule has 1 atom stereocenters. The topological polar surface area (TPSA) is 29.5 Å². The predicted molar refractivity (Wildman–Crippen MR) is 48.8 cm³/mol. The highest BCUT2D eigenvalue weighted by Crippen LogP contribution is 2.29. The second-order valence-corrected chi connectivity index (χ2v) is 3.88. The van der Waals surface area contributed by atoms with Crippen molar-refractivity contribution < 1.29 is 9.84 Å². The van der Waals surface area contributed by atoms with Crippen LogP contribution in [-0.2, 0) is 4.74 Å². The van der Waals surface area contributed by atoms with Crippen molar-refractivity contribution in [3.05, 3.63) is 0 Å². The second-order valence-electron chi connectivity index (χ2n) is 3.88. The zero-order chi connectivity index (χ0) is 8.81. The summed E-state index contributed by atoms with van der Waals surface area (Å²) in [7, 11) is 0. The number of aliphatic hydroxyl groups excluding tert-OH is 1. The molecule has 1 aliphatic rings. The van der Waals surface area contributed by atoms with Crippen LogP contribution in [0.4, 0.5) is 0 Å². The summed E-state index contributed by atoms with van der Waals surface area (Å²) in [5.41, 5.74) is 0. The van der Waals surface area contributed by atoms with Crippen LogP contribution in [0, 0.1) is 11.8 Å². The van der Waals surface area contributed by atoms with Gasteiger partial charge in [-0.2, -0.15) is 0 Å². The minimum absolute atomic E-state index is 0.128. The van der Waals surface area contributed by atoms with E-state index in [0.29, 0.717) is 5.92 Å². The van der Waals surface area contributed by atoms with Gasteiger partial charge in [-0.25, -0.2) is 0 Å². The molecule has 1 rings (SSSR count). The number of hydrogen-bond donors (Lipinski definition) is 1.